The molecule has 2 heterocycles. The minimum atomic E-state index is -2.37. The second-order valence-corrected chi connectivity index (χ2v) is 11.7. The number of nitrogens with zero attached hydrogens (tertiary/aromatic N) is 3. The molecule has 0 aliphatic carbocycles. The molecular weight excluding hydrogens is 545 g/mol. The molecule has 208 valence electrons. The summed E-state index contributed by atoms with van der Waals surface area (Å²) < 4.78 is 58.2. The van der Waals surface area contributed by atoms with Crippen LogP contribution in [0, 0.1) is 17.5 Å². The summed E-state index contributed by atoms with van der Waals surface area (Å²) in [4.78, 5) is 11.6. The van der Waals surface area contributed by atoms with E-state index in [1.165, 1.54) is 29.5 Å². The zero-order chi connectivity index (χ0) is 28.1. The smallest absolute Gasteiger partial charge is 0.173 e. The summed E-state index contributed by atoms with van der Waals surface area (Å²) in [6, 6.07) is 7.40. The van der Waals surface area contributed by atoms with Crippen LogP contribution in [-0.2, 0) is 11.0 Å². The molecule has 0 amide bonds. The number of aliphatic imine (C=N–C) groups is 1. The maximum absolute atomic E-state index is 14.7. The van der Waals surface area contributed by atoms with Gasteiger partial charge in [0.05, 0.1) is 27.0 Å². The summed E-state index contributed by atoms with van der Waals surface area (Å²) in [7, 11) is 1.69. The fraction of sp³-hybridized carbons (Fsp3) is 0.333. The summed E-state index contributed by atoms with van der Waals surface area (Å²) in [5.74, 6) is -2.53. The molecule has 2 aromatic carbocycles. The van der Waals surface area contributed by atoms with Crippen LogP contribution >= 0.6 is 11.3 Å². The lowest BCUT2D eigenvalue weighted by atomic mass is 10.1. The molecule has 39 heavy (non-hydrogen) atoms. The van der Waals surface area contributed by atoms with E-state index in [1.54, 1.807) is 12.3 Å². The van der Waals surface area contributed by atoms with Crippen LogP contribution in [0.5, 0.6) is 0 Å². The number of allylic oxidation sites excluding steroid dienone is 1. The molecule has 7 nitrogen and oxygen atoms in total. The normalized spacial score (nSPS) is 15.9. The SMILES string of the molecule is CC(C)c1nc(-c2ccc(F)c(NS(=O)c3c(F)cccc3F)c2)c(C2=CC=NC(NCCCN(C)C)N2)s1. The molecule has 0 saturated carbocycles. The Morgan fingerprint density at radius 1 is 1.13 bits per heavy atom. The second kappa shape index (κ2) is 12.9. The molecule has 3 N–H and O–H groups in total. The lowest BCUT2D eigenvalue weighted by Crippen LogP contribution is -2.42. The fourth-order valence-electron chi connectivity index (χ4n) is 3.84. The third-order valence-corrected chi connectivity index (χ3v) is 8.37. The standard InChI is InChI=1S/C27H31F3N6OS2/c1-16(2)26-34-23(24(38-26)21-11-13-32-27(33-21)31-12-6-14-36(3)4)17-9-10-18(28)22(15-17)35-39(37)25-19(29)7-5-8-20(25)30/h5,7-11,13,15-16,27,31,33,35H,6,12,14H2,1-4H3. The average molecular weight is 577 g/mol. The Morgan fingerprint density at radius 3 is 2.56 bits per heavy atom. The van der Waals surface area contributed by atoms with E-state index in [0.29, 0.717) is 11.3 Å². The van der Waals surface area contributed by atoms with E-state index in [-0.39, 0.29) is 17.9 Å². The number of benzene rings is 2. The van der Waals surface area contributed by atoms with Gasteiger partial charge in [-0.05, 0) is 70.0 Å². The number of anilines is 1. The van der Waals surface area contributed by atoms with Crippen molar-refractivity contribution in [2.45, 2.75) is 37.4 Å². The summed E-state index contributed by atoms with van der Waals surface area (Å²) in [6.45, 7) is 5.81. The van der Waals surface area contributed by atoms with Gasteiger partial charge in [-0.15, -0.1) is 11.3 Å². The highest BCUT2D eigenvalue weighted by Crippen LogP contribution is 2.37. The van der Waals surface area contributed by atoms with Gasteiger partial charge in [0.1, 0.15) is 22.3 Å². The molecule has 2 unspecified atom stereocenters. The lowest BCUT2D eigenvalue weighted by molar-refractivity contribution is 0.383. The van der Waals surface area contributed by atoms with Crippen molar-refractivity contribution in [1.82, 2.24) is 20.5 Å². The van der Waals surface area contributed by atoms with Gasteiger partial charge >= 0.3 is 0 Å². The molecule has 12 heteroatoms. The molecule has 0 radical (unpaired) electrons. The number of thiazole rings is 1. The molecule has 3 aromatic rings. The zero-order valence-corrected chi connectivity index (χ0v) is 23.7. The minimum Gasteiger partial charge on any atom is -0.350 e. The maximum atomic E-state index is 14.7. The minimum absolute atomic E-state index is 0.148. The van der Waals surface area contributed by atoms with Gasteiger partial charge in [-0.1, -0.05) is 19.9 Å². The summed E-state index contributed by atoms with van der Waals surface area (Å²) >= 11 is 1.52. The highest BCUT2D eigenvalue weighted by molar-refractivity contribution is 7.86. The van der Waals surface area contributed by atoms with Gasteiger partial charge in [0.25, 0.3) is 0 Å². The van der Waals surface area contributed by atoms with Crippen molar-refractivity contribution in [3.05, 3.63) is 69.8 Å². The summed E-state index contributed by atoms with van der Waals surface area (Å²) in [5, 5.41) is 7.67. The molecule has 0 fully saturated rings. The zero-order valence-electron chi connectivity index (χ0n) is 22.1. The van der Waals surface area contributed by atoms with E-state index in [0.717, 1.165) is 47.2 Å². The predicted molar refractivity (Wildman–Crippen MR) is 153 cm³/mol. The van der Waals surface area contributed by atoms with Crippen molar-refractivity contribution in [2.24, 2.45) is 4.99 Å². The number of aromatic nitrogens is 1. The number of rotatable bonds is 11. The van der Waals surface area contributed by atoms with Crippen LogP contribution in [0.2, 0.25) is 0 Å². The molecule has 1 aliphatic heterocycles. The first-order chi connectivity index (χ1) is 18.6. The van der Waals surface area contributed by atoms with Crippen molar-refractivity contribution in [2.75, 3.05) is 31.9 Å². The average Bonchev–Trinajstić information content (AvgIpc) is 3.34. The van der Waals surface area contributed by atoms with Crippen molar-refractivity contribution in [3.63, 3.8) is 0 Å². The van der Waals surface area contributed by atoms with Crippen LogP contribution in [-0.4, -0.2) is 53.8 Å². The van der Waals surface area contributed by atoms with Gasteiger partial charge in [-0.25, -0.2) is 22.4 Å². The van der Waals surface area contributed by atoms with Gasteiger partial charge in [0.15, 0.2) is 17.3 Å². The lowest BCUT2D eigenvalue weighted by Gasteiger charge is -2.22. The van der Waals surface area contributed by atoms with Crippen LogP contribution in [0.15, 0.2) is 52.4 Å². The molecule has 2 atom stereocenters. The maximum Gasteiger partial charge on any atom is 0.173 e. The molecule has 1 aliphatic rings. The fourth-order valence-corrected chi connectivity index (χ4v) is 5.87. The summed E-state index contributed by atoms with van der Waals surface area (Å²) in [5.41, 5.74) is 1.82. The molecular formula is C27H31F3N6OS2. The number of hydrogen-bond donors (Lipinski definition) is 3. The van der Waals surface area contributed by atoms with Gasteiger partial charge in [0.2, 0.25) is 0 Å². The van der Waals surface area contributed by atoms with Crippen LogP contribution in [0.25, 0.3) is 17.0 Å². The molecule has 4 rings (SSSR count). The Balaban J connectivity index is 1.61. The number of nitrogens with one attached hydrogen (secondary N) is 3. The van der Waals surface area contributed by atoms with Gasteiger partial charge in [-0.3, -0.25) is 15.0 Å². The van der Waals surface area contributed by atoms with Gasteiger partial charge < -0.3 is 10.2 Å². The van der Waals surface area contributed by atoms with E-state index >= 15 is 0 Å². The van der Waals surface area contributed by atoms with Crippen molar-refractivity contribution >= 4 is 39.9 Å². The highest BCUT2D eigenvalue weighted by atomic mass is 32.2. The third kappa shape index (κ3) is 7.13. The Bertz CT molecular complexity index is 1390. The molecule has 0 spiro atoms. The Kier molecular flexibility index (Phi) is 9.54. The van der Waals surface area contributed by atoms with Crippen molar-refractivity contribution in [1.29, 1.82) is 0 Å². The topological polar surface area (TPSA) is 81.6 Å². The number of hydrogen-bond acceptors (Lipinski definition) is 7. The first-order valence-electron chi connectivity index (χ1n) is 12.5. The molecule has 0 bridgehead atoms. The third-order valence-electron chi connectivity index (χ3n) is 5.82. The first-order valence-corrected chi connectivity index (χ1v) is 14.4. The van der Waals surface area contributed by atoms with E-state index in [9.17, 15) is 17.4 Å². The van der Waals surface area contributed by atoms with Crippen LogP contribution in [0.3, 0.4) is 0 Å². The molecule has 1 aromatic heterocycles. The highest BCUT2D eigenvalue weighted by Gasteiger charge is 2.23. The monoisotopic (exact) mass is 576 g/mol. The predicted octanol–water partition coefficient (Wildman–Crippen LogP) is 5.33. The van der Waals surface area contributed by atoms with E-state index < -0.39 is 33.3 Å². The van der Waals surface area contributed by atoms with Crippen molar-refractivity contribution in [3.8, 4) is 11.3 Å². The quantitative estimate of drug-likeness (QED) is 0.269. The van der Waals surface area contributed by atoms with Gasteiger partial charge in [-0.2, -0.15) is 0 Å². The van der Waals surface area contributed by atoms with Crippen LogP contribution < -0.4 is 15.4 Å². The largest absolute Gasteiger partial charge is 0.350 e. The second-order valence-electron chi connectivity index (χ2n) is 9.54. The number of halogens is 3. The van der Waals surface area contributed by atoms with Crippen LogP contribution in [0.4, 0.5) is 18.9 Å². The van der Waals surface area contributed by atoms with Gasteiger partial charge in [0, 0.05) is 17.7 Å². The molecule has 0 saturated heterocycles. The van der Waals surface area contributed by atoms with Crippen molar-refractivity contribution < 1.29 is 17.4 Å². The Morgan fingerprint density at radius 2 is 1.87 bits per heavy atom. The Hall–Kier alpha value is -3.06. The van der Waals surface area contributed by atoms with E-state index in [4.69, 9.17) is 4.98 Å². The summed E-state index contributed by atoms with van der Waals surface area (Å²) in [6.07, 6.45) is 4.25. The van der Waals surface area contributed by atoms with Crippen LogP contribution in [0.1, 0.15) is 36.1 Å². The van der Waals surface area contributed by atoms with E-state index in [1.807, 2.05) is 34.0 Å². The Labute approximate surface area is 232 Å². The van der Waals surface area contributed by atoms with E-state index in [2.05, 4.69) is 25.2 Å². The first kappa shape index (κ1) is 28.9.